The van der Waals surface area contributed by atoms with E-state index >= 15 is 0 Å². The highest BCUT2D eigenvalue weighted by atomic mass is 16.4. The Bertz CT molecular complexity index is 598. The van der Waals surface area contributed by atoms with Gasteiger partial charge in [0.05, 0.1) is 6.42 Å². The predicted molar refractivity (Wildman–Crippen MR) is 64.2 cm³/mol. The number of carbonyl (C=O) groups excluding carboxylic acids is 2. The molecule has 1 aliphatic carbocycles. The first-order valence-corrected chi connectivity index (χ1v) is 5.98. The summed E-state index contributed by atoms with van der Waals surface area (Å²) in [5.41, 5.74) is 0.377. The van der Waals surface area contributed by atoms with E-state index in [0.29, 0.717) is 12.0 Å². The zero-order valence-corrected chi connectivity index (χ0v) is 9.97. The molecular formula is C13H12N2O4. The highest BCUT2D eigenvalue weighted by Crippen LogP contribution is 2.44. The van der Waals surface area contributed by atoms with Crippen LogP contribution in [0.4, 0.5) is 4.79 Å². The van der Waals surface area contributed by atoms with Crippen LogP contribution in [0.2, 0.25) is 0 Å². The van der Waals surface area contributed by atoms with Crippen molar-refractivity contribution in [1.29, 1.82) is 0 Å². The summed E-state index contributed by atoms with van der Waals surface area (Å²) in [5.74, 6) is -1.91. The fourth-order valence-electron chi connectivity index (χ4n) is 3.10. The minimum atomic E-state index is -1.23. The summed E-state index contributed by atoms with van der Waals surface area (Å²) in [6, 6.07) is 6.67. The van der Waals surface area contributed by atoms with Gasteiger partial charge in [-0.3, -0.25) is 14.9 Å². The summed E-state index contributed by atoms with van der Waals surface area (Å²) in [4.78, 5) is 34.6. The van der Waals surface area contributed by atoms with Gasteiger partial charge in [0.1, 0.15) is 0 Å². The Hall–Kier alpha value is -2.37. The van der Waals surface area contributed by atoms with E-state index in [4.69, 9.17) is 5.11 Å². The molecule has 98 valence electrons. The lowest BCUT2D eigenvalue weighted by Gasteiger charge is -2.28. The van der Waals surface area contributed by atoms with Crippen molar-refractivity contribution in [2.75, 3.05) is 0 Å². The molecule has 2 unspecified atom stereocenters. The van der Waals surface area contributed by atoms with Gasteiger partial charge in [-0.2, -0.15) is 0 Å². The number of carboxylic acids is 1. The molecule has 1 aromatic rings. The molecule has 6 nitrogen and oxygen atoms in total. The average molecular weight is 260 g/mol. The lowest BCUT2D eigenvalue weighted by molar-refractivity contribution is -0.139. The molecular weight excluding hydrogens is 248 g/mol. The Balaban J connectivity index is 2.13. The van der Waals surface area contributed by atoms with Crippen LogP contribution in [0, 0.1) is 5.92 Å². The first kappa shape index (κ1) is 11.7. The number of amides is 3. The van der Waals surface area contributed by atoms with E-state index in [1.807, 2.05) is 12.1 Å². The Morgan fingerprint density at radius 1 is 1.37 bits per heavy atom. The molecule has 3 amide bonds. The standard InChI is InChI=1S/C13H12N2O4/c16-10(17)6-8-5-7-3-1-2-4-9(7)13(8)11(18)14-12(19)15-13/h1-4,8H,5-6H2,(H,16,17)(H2,14,15,18,19). The van der Waals surface area contributed by atoms with Gasteiger partial charge >= 0.3 is 12.0 Å². The van der Waals surface area contributed by atoms with Crippen LogP contribution in [-0.2, 0) is 21.5 Å². The van der Waals surface area contributed by atoms with Crippen LogP contribution in [0.15, 0.2) is 24.3 Å². The molecule has 0 bridgehead atoms. The van der Waals surface area contributed by atoms with E-state index < -0.39 is 29.4 Å². The van der Waals surface area contributed by atoms with E-state index in [2.05, 4.69) is 10.6 Å². The van der Waals surface area contributed by atoms with Crippen LogP contribution >= 0.6 is 0 Å². The van der Waals surface area contributed by atoms with Crippen LogP contribution in [0.3, 0.4) is 0 Å². The quantitative estimate of drug-likeness (QED) is 0.669. The first-order valence-electron chi connectivity index (χ1n) is 5.98. The molecule has 19 heavy (non-hydrogen) atoms. The van der Waals surface area contributed by atoms with E-state index in [0.717, 1.165) is 5.56 Å². The Morgan fingerprint density at radius 2 is 2.11 bits per heavy atom. The number of hydrogen-bond donors (Lipinski definition) is 3. The monoisotopic (exact) mass is 260 g/mol. The van der Waals surface area contributed by atoms with Gasteiger partial charge in [0.25, 0.3) is 5.91 Å². The maximum absolute atomic E-state index is 12.2. The topological polar surface area (TPSA) is 95.5 Å². The SMILES string of the molecule is O=C(O)CC1Cc2ccccc2C12NC(=O)NC2=O. The summed E-state index contributed by atoms with van der Waals surface area (Å²) < 4.78 is 0. The second kappa shape index (κ2) is 3.81. The molecule has 0 radical (unpaired) electrons. The van der Waals surface area contributed by atoms with Crippen LogP contribution in [0.5, 0.6) is 0 Å². The minimum Gasteiger partial charge on any atom is -0.481 e. The number of nitrogens with one attached hydrogen (secondary N) is 2. The third-order valence-corrected chi connectivity index (χ3v) is 3.84. The summed E-state index contributed by atoms with van der Waals surface area (Å²) in [6.45, 7) is 0. The number of fused-ring (bicyclic) bond motifs is 2. The third-order valence-electron chi connectivity index (χ3n) is 3.84. The van der Waals surface area contributed by atoms with Gasteiger partial charge < -0.3 is 10.4 Å². The fourth-order valence-corrected chi connectivity index (χ4v) is 3.10. The van der Waals surface area contributed by atoms with Gasteiger partial charge in [-0.05, 0) is 17.5 Å². The average Bonchev–Trinajstić information content (AvgIpc) is 2.79. The summed E-state index contributed by atoms with van der Waals surface area (Å²) in [7, 11) is 0. The van der Waals surface area contributed by atoms with Crippen LogP contribution < -0.4 is 10.6 Å². The number of rotatable bonds is 2. The normalized spacial score (nSPS) is 28.1. The van der Waals surface area contributed by atoms with Gasteiger partial charge in [-0.15, -0.1) is 0 Å². The molecule has 1 aliphatic heterocycles. The minimum absolute atomic E-state index is 0.164. The highest BCUT2D eigenvalue weighted by molar-refractivity contribution is 6.08. The van der Waals surface area contributed by atoms with Crippen LogP contribution in [-0.4, -0.2) is 23.0 Å². The largest absolute Gasteiger partial charge is 0.481 e. The van der Waals surface area contributed by atoms with Gasteiger partial charge in [0, 0.05) is 5.92 Å². The van der Waals surface area contributed by atoms with Gasteiger partial charge in [0.15, 0.2) is 5.54 Å². The number of benzene rings is 1. The molecule has 2 atom stereocenters. The smallest absolute Gasteiger partial charge is 0.322 e. The second-order valence-electron chi connectivity index (χ2n) is 4.87. The number of hydrogen-bond acceptors (Lipinski definition) is 3. The van der Waals surface area contributed by atoms with E-state index in [9.17, 15) is 14.4 Å². The molecule has 0 aromatic heterocycles. The molecule has 1 aromatic carbocycles. The van der Waals surface area contributed by atoms with Gasteiger partial charge in [-0.25, -0.2) is 4.79 Å². The summed E-state index contributed by atoms with van der Waals surface area (Å²) >= 11 is 0. The van der Waals surface area contributed by atoms with Crippen molar-refractivity contribution in [3.63, 3.8) is 0 Å². The number of aliphatic carboxylic acids is 1. The molecule has 3 rings (SSSR count). The van der Waals surface area contributed by atoms with E-state index in [-0.39, 0.29) is 6.42 Å². The van der Waals surface area contributed by atoms with Crippen LogP contribution in [0.1, 0.15) is 17.5 Å². The Morgan fingerprint density at radius 3 is 2.74 bits per heavy atom. The first-order chi connectivity index (χ1) is 9.04. The Kier molecular flexibility index (Phi) is 2.35. The molecule has 6 heteroatoms. The molecule has 3 N–H and O–H groups in total. The third kappa shape index (κ3) is 1.53. The molecule has 2 aliphatic rings. The number of urea groups is 1. The highest BCUT2D eigenvalue weighted by Gasteiger charge is 2.57. The van der Waals surface area contributed by atoms with Crippen molar-refractivity contribution in [2.24, 2.45) is 5.92 Å². The molecule has 1 saturated heterocycles. The van der Waals surface area contributed by atoms with Crippen molar-refractivity contribution >= 4 is 17.9 Å². The summed E-state index contributed by atoms with van der Waals surface area (Å²) in [5, 5.41) is 13.8. The Labute approximate surface area is 108 Å². The lowest BCUT2D eigenvalue weighted by atomic mass is 9.81. The van der Waals surface area contributed by atoms with Crippen molar-refractivity contribution < 1.29 is 19.5 Å². The van der Waals surface area contributed by atoms with Crippen molar-refractivity contribution in [2.45, 2.75) is 18.4 Å². The van der Waals surface area contributed by atoms with Gasteiger partial charge in [0.2, 0.25) is 0 Å². The number of imide groups is 1. The fraction of sp³-hybridized carbons (Fsp3) is 0.308. The molecule has 0 saturated carbocycles. The maximum Gasteiger partial charge on any atom is 0.322 e. The molecule has 1 heterocycles. The zero-order chi connectivity index (χ0) is 13.6. The molecule has 1 fully saturated rings. The number of carboxylic acid groups (broad SMARTS) is 1. The van der Waals surface area contributed by atoms with E-state index in [1.54, 1.807) is 12.1 Å². The second-order valence-corrected chi connectivity index (χ2v) is 4.87. The van der Waals surface area contributed by atoms with Crippen molar-refractivity contribution in [3.8, 4) is 0 Å². The lowest BCUT2D eigenvalue weighted by Crippen LogP contribution is -2.48. The van der Waals surface area contributed by atoms with Crippen molar-refractivity contribution in [3.05, 3.63) is 35.4 Å². The predicted octanol–water partition coefficient (Wildman–Crippen LogP) is 0.368. The van der Waals surface area contributed by atoms with Crippen molar-refractivity contribution in [1.82, 2.24) is 10.6 Å². The maximum atomic E-state index is 12.2. The van der Waals surface area contributed by atoms with Crippen LogP contribution in [0.25, 0.3) is 0 Å². The number of carbonyl (C=O) groups is 3. The zero-order valence-electron chi connectivity index (χ0n) is 9.97. The van der Waals surface area contributed by atoms with Gasteiger partial charge in [-0.1, -0.05) is 24.3 Å². The molecule has 1 spiro atoms. The van der Waals surface area contributed by atoms with E-state index in [1.165, 1.54) is 0 Å². The summed E-state index contributed by atoms with van der Waals surface area (Å²) in [6.07, 6.45) is 0.304.